The van der Waals surface area contributed by atoms with Crippen LogP contribution in [0.5, 0.6) is 0 Å². The summed E-state index contributed by atoms with van der Waals surface area (Å²) < 4.78 is 12.7. The Kier molecular flexibility index (Phi) is 3.31. The second-order valence-electron chi connectivity index (χ2n) is 3.67. The van der Waals surface area contributed by atoms with Crippen LogP contribution in [0.25, 0.3) is 0 Å². The standard InChI is InChI=1S/C12H13FN2O/c13-10-4-1-9(2-5-10)3-6-11-7-12(8-16)15-14-11/h1-2,4-5,7,16H,3,6,8H2,(H,14,15). The summed E-state index contributed by atoms with van der Waals surface area (Å²) in [5, 5.41) is 15.7. The molecule has 0 aliphatic rings. The van der Waals surface area contributed by atoms with E-state index in [1.54, 1.807) is 12.1 Å². The van der Waals surface area contributed by atoms with E-state index >= 15 is 0 Å². The molecule has 0 fully saturated rings. The summed E-state index contributed by atoms with van der Waals surface area (Å²) >= 11 is 0. The monoisotopic (exact) mass is 220 g/mol. The summed E-state index contributed by atoms with van der Waals surface area (Å²) in [4.78, 5) is 0. The first kappa shape index (κ1) is 10.8. The number of benzene rings is 1. The van der Waals surface area contributed by atoms with Crippen LogP contribution in [0.15, 0.2) is 30.3 Å². The van der Waals surface area contributed by atoms with Crippen molar-refractivity contribution in [2.24, 2.45) is 0 Å². The highest BCUT2D eigenvalue weighted by atomic mass is 19.1. The van der Waals surface area contributed by atoms with E-state index in [0.29, 0.717) is 5.69 Å². The number of nitrogens with zero attached hydrogens (tertiary/aromatic N) is 1. The van der Waals surface area contributed by atoms with Crippen LogP contribution in [-0.4, -0.2) is 15.3 Å². The van der Waals surface area contributed by atoms with E-state index < -0.39 is 0 Å². The van der Waals surface area contributed by atoms with Crippen LogP contribution >= 0.6 is 0 Å². The van der Waals surface area contributed by atoms with E-state index in [2.05, 4.69) is 10.2 Å². The Labute approximate surface area is 92.9 Å². The van der Waals surface area contributed by atoms with E-state index in [9.17, 15) is 4.39 Å². The van der Waals surface area contributed by atoms with Crippen molar-refractivity contribution in [2.75, 3.05) is 0 Å². The summed E-state index contributed by atoms with van der Waals surface area (Å²) in [6.45, 7) is -0.0243. The molecule has 2 aromatic rings. The molecular weight excluding hydrogens is 207 g/mol. The summed E-state index contributed by atoms with van der Waals surface area (Å²) in [7, 11) is 0. The Bertz CT molecular complexity index is 450. The smallest absolute Gasteiger partial charge is 0.123 e. The first-order valence-electron chi connectivity index (χ1n) is 5.16. The molecule has 0 saturated heterocycles. The summed E-state index contributed by atoms with van der Waals surface area (Å²) in [6, 6.07) is 8.30. The Morgan fingerprint density at radius 1 is 1.19 bits per heavy atom. The number of hydrogen-bond donors (Lipinski definition) is 2. The zero-order valence-electron chi connectivity index (χ0n) is 8.78. The molecule has 0 unspecified atom stereocenters. The quantitative estimate of drug-likeness (QED) is 0.825. The second-order valence-corrected chi connectivity index (χ2v) is 3.67. The Morgan fingerprint density at radius 2 is 1.94 bits per heavy atom. The topological polar surface area (TPSA) is 48.9 Å². The van der Waals surface area contributed by atoms with Gasteiger partial charge in [-0.25, -0.2) is 4.39 Å². The van der Waals surface area contributed by atoms with Crippen LogP contribution < -0.4 is 0 Å². The van der Waals surface area contributed by atoms with Gasteiger partial charge in [0.15, 0.2) is 0 Å². The number of hydrogen-bond acceptors (Lipinski definition) is 2. The Balaban J connectivity index is 1.94. The van der Waals surface area contributed by atoms with Gasteiger partial charge in [-0.3, -0.25) is 5.10 Å². The maximum Gasteiger partial charge on any atom is 0.123 e. The van der Waals surface area contributed by atoms with E-state index in [1.165, 1.54) is 12.1 Å². The molecule has 0 saturated carbocycles. The lowest BCUT2D eigenvalue weighted by Gasteiger charge is -1.98. The number of aliphatic hydroxyl groups is 1. The first-order chi connectivity index (χ1) is 7.78. The first-order valence-corrected chi connectivity index (χ1v) is 5.16. The number of halogens is 1. The molecule has 0 amide bonds. The van der Waals surface area contributed by atoms with Crippen LogP contribution in [0.2, 0.25) is 0 Å². The summed E-state index contributed by atoms with van der Waals surface area (Å²) in [5.41, 5.74) is 2.71. The van der Waals surface area contributed by atoms with Gasteiger partial charge in [0.25, 0.3) is 0 Å². The minimum atomic E-state index is -0.217. The van der Waals surface area contributed by atoms with Gasteiger partial charge < -0.3 is 5.11 Å². The summed E-state index contributed by atoms with van der Waals surface area (Å²) in [6.07, 6.45) is 1.60. The normalized spacial score (nSPS) is 10.6. The molecule has 0 aliphatic carbocycles. The fourth-order valence-corrected chi connectivity index (χ4v) is 1.54. The average molecular weight is 220 g/mol. The maximum absolute atomic E-state index is 12.7. The third kappa shape index (κ3) is 2.67. The molecular formula is C12H13FN2O. The fourth-order valence-electron chi connectivity index (χ4n) is 1.54. The number of H-pyrrole nitrogens is 1. The Hall–Kier alpha value is -1.68. The van der Waals surface area contributed by atoms with Gasteiger partial charge in [-0.2, -0.15) is 5.10 Å². The fraction of sp³-hybridized carbons (Fsp3) is 0.250. The highest BCUT2D eigenvalue weighted by Crippen LogP contribution is 2.08. The lowest BCUT2D eigenvalue weighted by atomic mass is 10.1. The van der Waals surface area contributed by atoms with Crippen molar-refractivity contribution in [3.8, 4) is 0 Å². The third-order valence-corrected chi connectivity index (χ3v) is 2.44. The van der Waals surface area contributed by atoms with Crippen LogP contribution in [-0.2, 0) is 19.4 Å². The van der Waals surface area contributed by atoms with Crippen molar-refractivity contribution in [1.82, 2.24) is 10.2 Å². The van der Waals surface area contributed by atoms with Gasteiger partial charge in [-0.15, -0.1) is 0 Å². The number of nitrogens with one attached hydrogen (secondary N) is 1. The SMILES string of the molecule is OCc1cc(CCc2ccc(F)cc2)n[nH]1. The largest absolute Gasteiger partial charge is 0.390 e. The van der Waals surface area contributed by atoms with Crippen molar-refractivity contribution < 1.29 is 9.50 Å². The lowest BCUT2D eigenvalue weighted by Crippen LogP contribution is -1.91. The molecule has 1 aromatic heterocycles. The molecule has 84 valence electrons. The predicted octanol–water partition coefficient (Wildman–Crippen LogP) is 1.83. The lowest BCUT2D eigenvalue weighted by molar-refractivity contribution is 0.276. The van der Waals surface area contributed by atoms with Gasteiger partial charge >= 0.3 is 0 Å². The molecule has 0 spiro atoms. The van der Waals surface area contributed by atoms with Crippen LogP contribution in [0.1, 0.15) is 17.0 Å². The minimum absolute atomic E-state index is 0.0243. The van der Waals surface area contributed by atoms with Crippen molar-refractivity contribution in [3.05, 3.63) is 53.1 Å². The predicted molar refractivity (Wildman–Crippen MR) is 58.3 cm³/mol. The molecule has 2 rings (SSSR count). The van der Waals surface area contributed by atoms with Crippen LogP contribution in [0.4, 0.5) is 4.39 Å². The maximum atomic E-state index is 12.7. The van der Waals surface area contributed by atoms with Crippen molar-refractivity contribution >= 4 is 0 Å². The van der Waals surface area contributed by atoms with Crippen molar-refractivity contribution in [1.29, 1.82) is 0 Å². The number of aromatic amines is 1. The van der Waals surface area contributed by atoms with Crippen LogP contribution in [0.3, 0.4) is 0 Å². The molecule has 4 heteroatoms. The molecule has 16 heavy (non-hydrogen) atoms. The third-order valence-electron chi connectivity index (χ3n) is 2.44. The zero-order valence-corrected chi connectivity index (χ0v) is 8.78. The molecule has 1 aromatic carbocycles. The van der Waals surface area contributed by atoms with Crippen molar-refractivity contribution in [3.63, 3.8) is 0 Å². The highest BCUT2D eigenvalue weighted by molar-refractivity contribution is 5.18. The molecule has 0 bridgehead atoms. The number of aryl methyl sites for hydroxylation is 2. The molecule has 0 aliphatic heterocycles. The number of aromatic nitrogens is 2. The van der Waals surface area contributed by atoms with Gasteiger partial charge in [0.05, 0.1) is 18.0 Å². The van der Waals surface area contributed by atoms with Crippen molar-refractivity contribution in [2.45, 2.75) is 19.4 Å². The molecule has 1 heterocycles. The zero-order chi connectivity index (χ0) is 11.4. The Morgan fingerprint density at radius 3 is 2.56 bits per heavy atom. The van der Waals surface area contributed by atoms with Gasteiger partial charge in [-0.05, 0) is 36.6 Å². The molecule has 0 atom stereocenters. The molecule has 3 nitrogen and oxygen atoms in total. The minimum Gasteiger partial charge on any atom is -0.390 e. The molecule has 2 N–H and O–H groups in total. The van der Waals surface area contributed by atoms with E-state index in [1.807, 2.05) is 6.07 Å². The van der Waals surface area contributed by atoms with Gasteiger partial charge in [0.2, 0.25) is 0 Å². The highest BCUT2D eigenvalue weighted by Gasteiger charge is 2.01. The van der Waals surface area contributed by atoms with E-state index in [4.69, 9.17) is 5.11 Å². The van der Waals surface area contributed by atoms with E-state index in [-0.39, 0.29) is 12.4 Å². The molecule has 0 radical (unpaired) electrons. The summed E-state index contributed by atoms with van der Waals surface area (Å²) in [5.74, 6) is -0.217. The van der Waals surface area contributed by atoms with E-state index in [0.717, 1.165) is 24.1 Å². The average Bonchev–Trinajstić information content (AvgIpc) is 2.76. The number of rotatable bonds is 4. The second kappa shape index (κ2) is 4.90. The van der Waals surface area contributed by atoms with Gasteiger partial charge in [0.1, 0.15) is 5.82 Å². The van der Waals surface area contributed by atoms with Gasteiger partial charge in [0, 0.05) is 0 Å². The van der Waals surface area contributed by atoms with Crippen LogP contribution in [0, 0.1) is 5.82 Å². The number of aliphatic hydroxyl groups excluding tert-OH is 1. The van der Waals surface area contributed by atoms with Gasteiger partial charge in [-0.1, -0.05) is 12.1 Å².